The minimum Gasteiger partial charge on any atom is -0.452 e. The van der Waals surface area contributed by atoms with Crippen molar-refractivity contribution in [1.29, 1.82) is 0 Å². The molecule has 0 radical (unpaired) electrons. The van der Waals surface area contributed by atoms with Crippen molar-refractivity contribution in [2.75, 3.05) is 11.9 Å². The van der Waals surface area contributed by atoms with Crippen LogP contribution in [0.3, 0.4) is 0 Å². The number of benzene rings is 2. The van der Waals surface area contributed by atoms with Gasteiger partial charge in [-0.25, -0.2) is 4.79 Å². The highest BCUT2D eigenvalue weighted by molar-refractivity contribution is 5.93. The fourth-order valence-electron chi connectivity index (χ4n) is 2.24. The number of esters is 1. The van der Waals surface area contributed by atoms with E-state index in [2.05, 4.69) is 15.5 Å². The van der Waals surface area contributed by atoms with Gasteiger partial charge < -0.3 is 9.15 Å². The lowest BCUT2D eigenvalue weighted by Crippen LogP contribution is -2.20. The van der Waals surface area contributed by atoms with Crippen molar-refractivity contribution in [1.82, 2.24) is 10.2 Å². The van der Waals surface area contributed by atoms with E-state index in [4.69, 9.17) is 9.15 Å². The monoisotopic (exact) mass is 363 g/mol. The van der Waals surface area contributed by atoms with Crippen LogP contribution in [-0.2, 0) is 14.3 Å². The van der Waals surface area contributed by atoms with E-state index in [0.717, 1.165) is 16.7 Å². The van der Waals surface area contributed by atoms with Gasteiger partial charge >= 0.3 is 12.0 Å². The molecule has 0 unspecified atom stereocenters. The summed E-state index contributed by atoms with van der Waals surface area (Å²) in [5.41, 5.74) is 2.67. The lowest BCUT2D eigenvalue weighted by Gasteiger charge is -2.02. The molecule has 0 atom stereocenters. The molecule has 0 bridgehead atoms. The molecule has 0 aliphatic heterocycles. The van der Waals surface area contributed by atoms with E-state index in [1.165, 1.54) is 6.08 Å². The lowest BCUT2D eigenvalue weighted by atomic mass is 10.1. The van der Waals surface area contributed by atoms with Gasteiger partial charge in [0.05, 0.1) is 0 Å². The summed E-state index contributed by atoms with van der Waals surface area (Å²) in [6.07, 6.45) is 2.91. The second-order valence-corrected chi connectivity index (χ2v) is 5.62. The van der Waals surface area contributed by atoms with Gasteiger partial charge in [-0.2, -0.15) is 0 Å². The van der Waals surface area contributed by atoms with Crippen molar-refractivity contribution in [3.05, 3.63) is 71.8 Å². The summed E-state index contributed by atoms with van der Waals surface area (Å²) in [7, 11) is 0. The Morgan fingerprint density at radius 3 is 2.59 bits per heavy atom. The number of amides is 1. The number of ether oxygens (including phenoxy) is 1. The molecule has 1 heterocycles. The zero-order valence-corrected chi connectivity index (χ0v) is 14.6. The first-order valence-corrected chi connectivity index (χ1v) is 8.21. The molecule has 0 aliphatic carbocycles. The van der Waals surface area contributed by atoms with Gasteiger partial charge in [-0.3, -0.25) is 10.1 Å². The highest BCUT2D eigenvalue weighted by atomic mass is 16.5. The molecule has 0 saturated carbocycles. The molecule has 0 fully saturated rings. The van der Waals surface area contributed by atoms with Crippen LogP contribution in [0.5, 0.6) is 0 Å². The second-order valence-electron chi connectivity index (χ2n) is 5.62. The Hall–Kier alpha value is -3.74. The molecule has 3 rings (SSSR count). The van der Waals surface area contributed by atoms with Gasteiger partial charge in [-0.15, -0.1) is 5.10 Å². The van der Waals surface area contributed by atoms with Crippen molar-refractivity contribution < 1.29 is 18.7 Å². The predicted molar refractivity (Wildman–Crippen MR) is 99.5 cm³/mol. The van der Waals surface area contributed by atoms with Crippen LogP contribution in [0.15, 0.2) is 65.1 Å². The lowest BCUT2D eigenvalue weighted by molar-refractivity contribution is -0.142. The number of carbonyl (C=O) groups is 2. The Balaban J connectivity index is 1.49. The molecule has 2 aromatic carbocycles. The molecular weight excluding hydrogens is 346 g/mol. The Morgan fingerprint density at radius 2 is 1.81 bits per heavy atom. The van der Waals surface area contributed by atoms with Crippen LogP contribution in [0.25, 0.3) is 17.5 Å². The molecule has 7 heteroatoms. The molecule has 1 amide bonds. The molecule has 136 valence electrons. The molecule has 27 heavy (non-hydrogen) atoms. The smallest absolute Gasteiger partial charge is 0.331 e. The van der Waals surface area contributed by atoms with Crippen LogP contribution >= 0.6 is 0 Å². The van der Waals surface area contributed by atoms with Crippen molar-refractivity contribution >= 4 is 24.0 Å². The summed E-state index contributed by atoms with van der Waals surface area (Å²) in [5.74, 6) is -0.913. The quantitative estimate of drug-likeness (QED) is 0.534. The Kier molecular flexibility index (Phi) is 5.73. The SMILES string of the molecule is Cc1ccccc1/C=C/C(=O)OCC(=O)Nc1nnc(-c2ccccc2)o1. The van der Waals surface area contributed by atoms with Crippen LogP contribution in [0, 0.1) is 6.92 Å². The largest absolute Gasteiger partial charge is 0.452 e. The van der Waals surface area contributed by atoms with Crippen molar-refractivity contribution in [2.45, 2.75) is 6.92 Å². The van der Waals surface area contributed by atoms with Crippen molar-refractivity contribution in [3.8, 4) is 11.5 Å². The van der Waals surface area contributed by atoms with E-state index in [1.807, 2.05) is 61.5 Å². The average molecular weight is 363 g/mol. The first-order chi connectivity index (χ1) is 13.1. The van der Waals surface area contributed by atoms with E-state index in [0.29, 0.717) is 0 Å². The van der Waals surface area contributed by atoms with Crippen LogP contribution in [-0.4, -0.2) is 28.7 Å². The number of anilines is 1. The van der Waals surface area contributed by atoms with Gasteiger partial charge in [0, 0.05) is 11.6 Å². The third-order valence-corrected chi connectivity index (χ3v) is 3.63. The maximum Gasteiger partial charge on any atom is 0.331 e. The number of hydrogen-bond donors (Lipinski definition) is 1. The van der Waals surface area contributed by atoms with Gasteiger partial charge in [0.1, 0.15) is 0 Å². The summed E-state index contributed by atoms with van der Waals surface area (Å²) < 4.78 is 10.3. The normalized spacial score (nSPS) is 10.7. The topological polar surface area (TPSA) is 94.3 Å². The highest BCUT2D eigenvalue weighted by Crippen LogP contribution is 2.18. The van der Waals surface area contributed by atoms with E-state index in [9.17, 15) is 9.59 Å². The van der Waals surface area contributed by atoms with Crippen LogP contribution in [0.1, 0.15) is 11.1 Å². The first-order valence-electron chi connectivity index (χ1n) is 8.21. The van der Waals surface area contributed by atoms with Gasteiger partial charge in [-0.05, 0) is 36.3 Å². The zero-order valence-electron chi connectivity index (χ0n) is 14.6. The van der Waals surface area contributed by atoms with Crippen LogP contribution < -0.4 is 5.32 Å². The Bertz CT molecular complexity index is 964. The minimum absolute atomic E-state index is 0.0645. The average Bonchev–Trinajstić information content (AvgIpc) is 3.15. The van der Waals surface area contributed by atoms with Crippen LogP contribution in [0.4, 0.5) is 6.01 Å². The number of aromatic nitrogens is 2. The second kappa shape index (κ2) is 8.57. The predicted octanol–water partition coefficient (Wildman–Crippen LogP) is 3.24. The molecule has 0 spiro atoms. The number of nitrogens with one attached hydrogen (secondary N) is 1. The number of nitrogens with zero attached hydrogens (tertiary/aromatic N) is 2. The Labute approximate surface area is 155 Å². The van der Waals surface area contributed by atoms with E-state index >= 15 is 0 Å². The van der Waals surface area contributed by atoms with Gasteiger partial charge in [0.15, 0.2) is 6.61 Å². The standard InChI is InChI=1S/C20H17N3O4/c1-14-7-5-6-8-15(14)11-12-18(25)26-13-17(24)21-20-23-22-19(27-20)16-9-3-2-4-10-16/h2-12H,13H2,1H3,(H,21,23,24)/b12-11+. The number of rotatable bonds is 6. The fourth-order valence-corrected chi connectivity index (χ4v) is 2.24. The number of hydrogen-bond acceptors (Lipinski definition) is 6. The van der Waals surface area contributed by atoms with E-state index in [-0.39, 0.29) is 11.9 Å². The summed E-state index contributed by atoms with van der Waals surface area (Å²) in [6.45, 7) is 1.48. The Morgan fingerprint density at radius 1 is 1.07 bits per heavy atom. The summed E-state index contributed by atoms with van der Waals surface area (Å²) in [4.78, 5) is 23.6. The van der Waals surface area contributed by atoms with Crippen molar-refractivity contribution in [2.24, 2.45) is 0 Å². The number of carbonyl (C=O) groups excluding carboxylic acids is 2. The third kappa shape index (κ3) is 5.12. The molecule has 0 aliphatic rings. The number of aryl methyl sites for hydroxylation is 1. The molecule has 1 aromatic heterocycles. The molecule has 1 N–H and O–H groups in total. The summed E-state index contributed by atoms with van der Waals surface area (Å²) in [5, 5.41) is 9.99. The van der Waals surface area contributed by atoms with E-state index in [1.54, 1.807) is 6.08 Å². The van der Waals surface area contributed by atoms with E-state index < -0.39 is 18.5 Å². The van der Waals surface area contributed by atoms with Crippen molar-refractivity contribution in [3.63, 3.8) is 0 Å². The maximum atomic E-state index is 11.9. The summed E-state index contributed by atoms with van der Waals surface area (Å²) in [6, 6.07) is 16.7. The molecular formula is C20H17N3O4. The zero-order chi connectivity index (χ0) is 19.1. The van der Waals surface area contributed by atoms with Gasteiger partial charge in [-0.1, -0.05) is 47.6 Å². The van der Waals surface area contributed by atoms with Crippen LogP contribution in [0.2, 0.25) is 0 Å². The van der Waals surface area contributed by atoms with Gasteiger partial charge in [0.2, 0.25) is 5.89 Å². The first kappa shape index (κ1) is 18.1. The molecule has 0 saturated heterocycles. The maximum absolute atomic E-state index is 11.9. The summed E-state index contributed by atoms with van der Waals surface area (Å²) >= 11 is 0. The highest BCUT2D eigenvalue weighted by Gasteiger charge is 2.12. The van der Waals surface area contributed by atoms with Gasteiger partial charge in [0.25, 0.3) is 5.91 Å². The fraction of sp³-hybridized carbons (Fsp3) is 0.100. The minimum atomic E-state index is -0.621. The molecule has 3 aromatic rings. The third-order valence-electron chi connectivity index (χ3n) is 3.63. The molecule has 7 nitrogen and oxygen atoms in total.